The van der Waals surface area contributed by atoms with Gasteiger partial charge >= 0.3 is 0 Å². The van der Waals surface area contributed by atoms with Crippen LogP contribution in [0.2, 0.25) is 0 Å². The van der Waals surface area contributed by atoms with E-state index >= 15 is 0 Å². The van der Waals surface area contributed by atoms with Crippen LogP contribution in [-0.4, -0.2) is 32.7 Å². The number of rotatable bonds is 3. The molecular weight excluding hydrogens is 364 g/mol. The summed E-state index contributed by atoms with van der Waals surface area (Å²) < 4.78 is 0. The molecule has 2 fully saturated rings. The molecule has 1 unspecified atom stereocenters. The molecule has 1 aromatic heterocycles. The second kappa shape index (κ2) is 7.82. The molecule has 1 saturated heterocycles. The zero-order valence-corrected chi connectivity index (χ0v) is 16.9. The van der Waals surface area contributed by atoms with Gasteiger partial charge in [0.25, 0.3) is 11.7 Å². The van der Waals surface area contributed by atoms with Crippen molar-refractivity contribution in [2.24, 2.45) is 0 Å². The fourth-order valence-electron chi connectivity index (χ4n) is 4.59. The molecule has 1 aromatic carbocycles. The lowest BCUT2D eigenvalue weighted by atomic mass is 9.91. The van der Waals surface area contributed by atoms with E-state index in [1.807, 2.05) is 38.1 Å². The third-order valence-electron chi connectivity index (χ3n) is 6.10. The minimum absolute atomic E-state index is 0.00862. The van der Waals surface area contributed by atoms with E-state index in [1.54, 1.807) is 23.4 Å². The number of carbonyl (C=O) groups is 2. The van der Waals surface area contributed by atoms with Crippen molar-refractivity contribution in [1.29, 1.82) is 0 Å². The largest absolute Gasteiger partial charge is 0.507 e. The molecule has 1 aliphatic carbocycles. The minimum atomic E-state index is -0.608. The second-order valence-electron chi connectivity index (χ2n) is 8.10. The molecule has 1 atom stereocenters. The smallest absolute Gasteiger partial charge is 0.295 e. The van der Waals surface area contributed by atoms with Crippen LogP contribution < -0.4 is 0 Å². The number of aliphatic hydroxyl groups excluding tert-OH is 1. The van der Waals surface area contributed by atoms with Crippen LogP contribution in [0.1, 0.15) is 60.4 Å². The Kier molecular flexibility index (Phi) is 5.22. The molecular formula is C24H26N2O3. The molecule has 2 aliphatic rings. The minimum Gasteiger partial charge on any atom is -0.507 e. The molecule has 5 nitrogen and oxygen atoms in total. The normalized spacial score (nSPS) is 22.3. The monoisotopic (exact) mass is 390 g/mol. The van der Waals surface area contributed by atoms with Crippen LogP contribution in [0.3, 0.4) is 0 Å². The van der Waals surface area contributed by atoms with Gasteiger partial charge in [-0.1, -0.05) is 43.0 Å². The van der Waals surface area contributed by atoms with E-state index in [0.29, 0.717) is 5.56 Å². The summed E-state index contributed by atoms with van der Waals surface area (Å²) in [7, 11) is 0. The number of carbonyl (C=O) groups excluding carboxylic acids is 2. The van der Waals surface area contributed by atoms with Gasteiger partial charge in [0.05, 0.1) is 11.6 Å². The average Bonchev–Trinajstić information content (AvgIpc) is 3.01. The summed E-state index contributed by atoms with van der Waals surface area (Å²) in [4.78, 5) is 32.1. The Bertz CT molecular complexity index is 975. The van der Waals surface area contributed by atoms with E-state index in [4.69, 9.17) is 0 Å². The molecule has 0 spiro atoms. The third kappa shape index (κ3) is 3.46. The highest BCUT2D eigenvalue weighted by Crippen LogP contribution is 2.43. The van der Waals surface area contributed by atoms with Gasteiger partial charge in [0.2, 0.25) is 0 Å². The highest BCUT2D eigenvalue weighted by molar-refractivity contribution is 6.46. The van der Waals surface area contributed by atoms with Crippen molar-refractivity contribution < 1.29 is 14.7 Å². The number of aliphatic hydroxyl groups is 1. The number of aromatic nitrogens is 1. The Balaban J connectivity index is 1.90. The van der Waals surface area contributed by atoms with Gasteiger partial charge < -0.3 is 10.0 Å². The van der Waals surface area contributed by atoms with Crippen LogP contribution >= 0.6 is 0 Å². The first-order valence-corrected chi connectivity index (χ1v) is 10.3. The SMILES string of the molecule is Cc1ccc(C)c(/C(O)=C2\C(=O)C(=O)N(C3CCCCC3)C2c2cccnc2)c1. The molecule has 2 heterocycles. The predicted octanol–water partition coefficient (Wildman–Crippen LogP) is 4.45. The van der Waals surface area contributed by atoms with E-state index < -0.39 is 17.7 Å². The zero-order valence-electron chi connectivity index (χ0n) is 16.9. The number of amides is 1. The quantitative estimate of drug-likeness (QED) is 0.477. The first-order valence-electron chi connectivity index (χ1n) is 10.3. The Labute approximate surface area is 171 Å². The summed E-state index contributed by atoms with van der Waals surface area (Å²) in [6, 6.07) is 8.82. The number of aryl methyl sites for hydroxylation is 2. The predicted molar refractivity (Wildman–Crippen MR) is 111 cm³/mol. The number of hydrogen-bond donors (Lipinski definition) is 1. The van der Waals surface area contributed by atoms with Crippen LogP contribution in [0.5, 0.6) is 0 Å². The van der Waals surface area contributed by atoms with Gasteiger partial charge in [-0.25, -0.2) is 0 Å². The molecule has 150 valence electrons. The maximum Gasteiger partial charge on any atom is 0.295 e. The van der Waals surface area contributed by atoms with Gasteiger partial charge in [0, 0.05) is 24.0 Å². The number of hydrogen-bond acceptors (Lipinski definition) is 4. The van der Waals surface area contributed by atoms with Crippen LogP contribution in [0.4, 0.5) is 0 Å². The van der Waals surface area contributed by atoms with Crippen molar-refractivity contribution in [3.63, 3.8) is 0 Å². The number of pyridine rings is 1. The molecule has 5 heteroatoms. The van der Waals surface area contributed by atoms with E-state index in [-0.39, 0.29) is 17.4 Å². The van der Waals surface area contributed by atoms with Crippen molar-refractivity contribution in [3.05, 3.63) is 70.6 Å². The van der Waals surface area contributed by atoms with Crippen LogP contribution in [0.15, 0.2) is 48.3 Å². The maximum absolute atomic E-state index is 13.1. The molecule has 2 aromatic rings. The van der Waals surface area contributed by atoms with Gasteiger partial charge in [0.15, 0.2) is 0 Å². The van der Waals surface area contributed by atoms with Crippen LogP contribution in [0.25, 0.3) is 5.76 Å². The van der Waals surface area contributed by atoms with Gasteiger partial charge in [-0.15, -0.1) is 0 Å². The maximum atomic E-state index is 13.1. The molecule has 29 heavy (non-hydrogen) atoms. The zero-order chi connectivity index (χ0) is 20.5. The van der Waals surface area contributed by atoms with E-state index in [1.165, 1.54) is 0 Å². The Morgan fingerprint density at radius 3 is 2.55 bits per heavy atom. The number of likely N-dealkylation sites (tertiary alicyclic amines) is 1. The summed E-state index contributed by atoms with van der Waals surface area (Å²) in [6.07, 6.45) is 8.36. The van der Waals surface area contributed by atoms with Crippen molar-refractivity contribution in [1.82, 2.24) is 9.88 Å². The van der Waals surface area contributed by atoms with Gasteiger partial charge in [0.1, 0.15) is 5.76 Å². The first kappa shape index (κ1) is 19.4. The van der Waals surface area contributed by atoms with E-state index in [0.717, 1.165) is 48.8 Å². The van der Waals surface area contributed by atoms with E-state index in [2.05, 4.69) is 4.98 Å². The summed E-state index contributed by atoms with van der Waals surface area (Å²) in [5, 5.41) is 11.2. The second-order valence-corrected chi connectivity index (χ2v) is 8.10. The van der Waals surface area contributed by atoms with Crippen LogP contribution in [0, 0.1) is 13.8 Å². The van der Waals surface area contributed by atoms with Crippen molar-refractivity contribution >= 4 is 17.4 Å². The lowest BCUT2D eigenvalue weighted by Gasteiger charge is -2.35. The summed E-state index contributed by atoms with van der Waals surface area (Å²) >= 11 is 0. The standard InChI is InChI=1S/C24H26N2O3/c1-15-10-11-16(2)19(13-15)22(27)20-21(17-7-6-12-25-14-17)26(24(29)23(20)28)18-8-4-3-5-9-18/h6-7,10-14,18,21,27H,3-5,8-9H2,1-2H3/b22-20+. The summed E-state index contributed by atoms with van der Waals surface area (Å²) in [5.74, 6) is -1.22. The van der Waals surface area contributed by atoms with E-state index in [9.17, 15) is 14.7 Å². The fraction of sp³-hybridized carbons (Fsp3) is 0.375. The molecule has 1 aliphatic heterocycles. The number of benzene rings is 1. The number of nitrogens with zero attached hydrogens (tertiary/aromatic N) is 2. The first-order chi connectivity index (χ1) is 14.0. The third-order valence-corrected chi connectivity index (χ3v) is 6.10. The lowest BCUT2D eigenvalue weighted by molar-refractivity contribution is -0.141. The Morgan fingerprint density at radius 2 is 1.86 bits per heavy atom. The molecule has 4 rings (SSSR count). The van der Waals surface area contributed by atoms with Crippen LogP contribution in [-0.2, 0) is 9.59 Å². The van der Waals surface area contributed by atoms with Gasteiger partial charge in [-0.3, -0.25) is 14.6 Å². The number of ketones is 1. The molecule has 0 bridgehead atoms. The van der Waals surface area contributed by atoms with Gasteiger partial charge in [-0.2, -0.15) is 0 Å². The molecule has 1 N–H and O–H groups in total. The lowest BCUT2D eigenvalue weighted by Crippen LogP contribution is -2.40. The summed E-state index contributed by atoms with van der Waals surface area (Å²) in [5.41, 5.74) is 3.37. The molecule has 0 radical (unpaired) electrons. The average molecular weight is 390 g/mol. The Hall–Kier alpha value is -2.95. The number of Topliss-reactive ketones (excluding diaryl/α,β-unsaturated/α-hetero) is 1. The van der Waals surface area contributed by atoms with Gasteiger partial charge in [-0.05, 0) is 49.9 Å². The molecule has 1 saturated carbocycles. The van der Waals surface area contributed by atoms with Crippen molar-refractivity contribution in [2.45, 2.75) is 58.0 Å². The fourth-order valence-corrected chi connectivity index (χ4v) is 4.59. The topological polar surface area (TPSA) is 70.5 Å². The van der Waals surface area contributed by atoms with Crippen molar-refractivity contribution in [2.75, 3.05) is 0 Å². The van der Waals surface area contributed by atoms with Crippen molar-refractivity contribution in [3.8, 4) is 0 Å². The highest BCUT2D eigenvalue weighted by Gasteiger charge is 2.49. The Morgan fingerprint density at radius 1 is 1.10 bits per heavy atom. The highest BCUT2D eigenvalue weighted by atomic mass is 16.3. The molecule has 1 amide bonds. The summed E-state index contributed by atoms with van der Waals surface area (Å²) in [6.45, 7) is 3.83.